The SMILES string of the molecule is CN=CC(=CN)c1ccc(F)c([C@@H](C)[C@H](NS(=O)(=O)c2ccc(Cl)cc2OC)c2n[nH]c(=O)o2)c1C. The predicted octanol–water partition coefficient (Wildman–Crippen LogP) is 3.30. The van der Waals surface area contributed by atoms with Crippen molar-refractivity contribution in [3.8, 4) is 5.75 Å². The number of allylic oxidation sites excluding steroid dienone is 1. The normalized spacial score (nSPS) is 14.2. The molecule has 0 bridgehead atoms. The number of ether oxygens (including phenoxy) is 1. The zero-order valence-corrected chi connectivity index (χ0v) is 21.4. The van der Waals surface area contributed by atoms with Gasteiger partial charge < -0.3 is 14.9 Å². The lowest BCUT2D eigenvalue weighted by molar-refractivity contribution is 0.374. The molecule has 1 aromatic heterocycles. The maximum absolute atomic E-state index is 15.2. The Morgan fingerprint density at radius 2 is 2.08 bits per heavy atom. The molecule has 0 saturated heterocycles. The number of H-pyrrole nitrogens is 1. The van der Waals surface area contributed by atoms with E-state index in [-0.39, 0.29) is 27.1 Å². The largest absolute Gasteiger partial charge is 0.495 e. The lowest BCUT2D eigenvalue weighted by atomic mass is 9.86. The van der Waals surface area contributed by atoms with Crippen molar-refractivity contribution in [2.24, 2.45) is 10.7 Å². The molecule has 4 N–H and O–H groups in total. The highest BCUT2D eigenvalue weighted by Gasteiger charge is 2.34. The number of aromatic amines is 1. The van der Waals surface area contributed by atoms with Gasteiger partial charge in [0.05, 0.1) is 7.11 Å². The highest BCUT2D eigenvalue weighted by Crippen LogP contribution is 2.37. The van der Waals surface area contributed by atoms with E-state index in [0.29, 0.717) is 16.7 Å². The van der Waals surface area contributed by atoms with Gasteiger partial charge in [-0.05, 0) is 41.8 Å². The second-order valence-electron chi connectivity index (χ2n) is 7.78. The van der Waals surface area contributed by atoms with E-state index < -0.39 is 33.6 Å². The molecule has 192 valence electrons. The maximum Gasteiger partial charge on any atom is 0.434 e. The van der Waals surface area contributed by atoms with Crippen LogP contribution in [0.4, 0.5) is 4.39 Å². The van der Waals surface area contributed by atoms with Crippen LogP contribution in [0.25, 0.3) is 5.57 Å². The highest BCUT2D eigenvalue weighted by atomic mass is 35.5. The third-order valence-electron chi connectivity index (χ3n) is 5.59. The van der Waals surface area contributed by atoms with Crippen molar-refractivity contribution < 1.29 is 22.0 Å². The molecule has 10 nitrogen and oxygen atoms in total. The van der Waals surface area contributed by atoms with Crippen LogP contribution < -0.4 is 20.9 Å². The number of aromatic nitrogens is 2. The number of rotatable bonds is 9. The maximum atomic E-state index is 15.2. The first kappa shape index (κ1) is 27.1. The molecule has 0 saturated carbocycles. The minimum absolute atomic E-state index is 0.00850. The Morgan fingerprint density at radius 3 is 2.67 bits per heavy atom. The van der Waals surface area contributed by atoms with E-state index in [1.54, 1.807) is 27.0 Å². The average molecular weight is 538 g/mol. The monoisotopic (exact) mass is 537 g/mol. The zero-order chi connectivity index (χ0) is 26.6. The first-order chi connectivity index (χ1) is 17.0. The Kier molecular flexibility index (Phi) is 8.33. The minimum atomic E-state index is -4.30. The van der Waals surface area contributed by atoms with E-state index in [1.165, 1.54) is 43.8 Å². The van der Waals surface area contributed by atoms with Gasteiger partial charge in [-0.15, -0.1) is 5.10 Å². The molecule has 3 rings (SSSR count). The Morgan fingerprint density at radius 1 is 1.36 bits per heavy atom. The second kappa shape index (κ2) is 11.1. The molecule has 0 unspecified atom stereocenters. The molecule has 13 heteroatoms. The Balaban J connectivity index is 2.16. The number of methoxy groups -OCH3 is 1. The van der Waals surface area contributed by atoms with Gasteiger partial charge in [0, 0.05) is 42.0 Å². The van der Waals surface area contributed by atoms with E-state index >= 15 is 4.39 Å². The number of sulfonamides is 1. The molecule has 0 radical (unpaired) electrons. The molecule has 0 aliphatic heterocycles. The number of benzene rings is 2. The van der Waals surface area contributed by atoms with Crippen molar-refractivity contribution in [2.75, 3.05) is 14.2 Å². The van der Waals surface area contributed by atoms with Crippen LogP contribution >= 0.6 is 11.6 Å². The summed E-state index contributed by atoms with van der Waals surface area (Å²) in [5, 5.41) is 6.18. The molecule has 3 aromatic rings. The van der Waals surface area contributed by atoms with Crippen LogP contribution in [0.2, 0.25) is 5.02 Å². The van der Waals surface area contributed by atoms with E-state index in [0.717, 1.165) is 0 Å². The lowest BCUT2D eigenvalue weighted by Crippen LogP contribution is -2.33. The molecule has 0 aliphatic carbocycles. The number of aliphatic imine (C=N–C) groups is 1. The van der Waals surface area contributed by atoms with Crippen LogP contribution in [0.3, 0.4) is 0 Å². The average Bonchev–Trinajstić information content (AvgIpc) is 3.27. The number of hydrogen-bond acceptors (Lipinski definition) is 8. The van der Waals surface area contributed by atoms with Crippen molar-refractivity contribution in [1.82, 2.24) is 14.9 Å². The molecule has 1 heterocycles. The smallest absolute Gasteiger partial charge is 0.434 e. The summed E-state index contributed by atoms with van der Waals surface area (Å²) in [7, 11) is -1.43. The zero-order valence-electron chi connectivity index (χ0n) is 19.9. The van der Waals surface area contributed by atoms with Crippen LogP contribution in [-0.4, -0.2) is 39.0 Å². The van der Waals surface area contributed by atoms with E-state index in [1.807, 2.05) is 0 Å². The fourth-order valence-corrected chi connectivity index (χ4v) is 5.49. The first-order valence-corrected chi connectivity index (χ1v) is 12.4. The van der Waals surface area contributed by atoms with Crippen molar-refractivity contribution in [3.63, 3.8) is 0 Å². The Bertz CT molecular complexity index is 1480. The van der Waals surface area contributed by atoms with Gasteiger partial charge in [0.2, 0.25) is 15.9 Å². The summed E-state index contributed by atoms with van der Waals surface area (Å²) in [6.07, 6.45) is 2.86. The van der Waals surface area contributed by atoms with Gasteiger partial charge in [-0.3, -0.25) is 4.99 Å². The van der Waals surface area contributed by atoms with Gasteiger partial charge in [0.15, 0.2) is 0 Å². The fourth-order valence-electron chi connectivity index (χ4n) is 3.91. The topological polar surface area (TPSA) is 153 Å². The van der Waals surface area contributed by atoms with Crippen LogP contribution in [0, 0.1) is 12.7 Å². The quantitative estimate of drug-likeness (QED) is 0.354. The molecule has 0 fully saturated rings. The third kappa shape index (κ3) is 5.50. The fraction of sp³-hybridized carbons (Fsp3) is 0.261. The summed E-state index contributed by atoms with van der Waals surface area (Å²) >= 11 is 5.97. The van der Waals surface area contributed by atoms with E-state index in [4.69, 9.17) is 26.5 Å². The molecule has 0 amide bonds. The number of nitrogens with zero attached hydrogens (tertiary/aromatic N) is 2. The van der Waals surface area contributed by atoms with Crippen LogP contribution in [0.5, 0.6) is 5.75 Å². The van der Waals surface area contributed by atoms with Gasteiger partial charge in [-0.25, -0.2) is 22.7 Å². The van der Waals surface area contributed by atoms with Crippen molar-refractivity contribution >= 4 is 33.4 Å². The van der Waals surface area contributed by atoms with Gasteiger partial charge in [-0.1, -0.05) is 24.6 Å². The van der Waals surface area contributed by atoms with Crippen molar-refractivity contribution in [3.05, 3.63) is 80.5 Å². The van der Waals surface area contributed by atoms with Crippen molar-refractivity contribution in [1.29, 1.82) is 0 Å². The summed E-state index contributed by atoms with van der Waals surface area (Å²) in [5.74, 6) is -2.69. The van der Waals surface area contributed by atoms with Gasteiger partial charge >= 0.3 is 5.76 Å². The van der Waals surface area contributed by atoms with Gasteiger partial charge in [0.25, 0.3) is 0 Å². The van der Waals surface area contributed by atoms with Gasteiger partial charge in [-0.2, -0.15) is 4.72 Å². The molecule has 2 aromatic carbocycles. The Hall–Kier alpha value is -3.48. The predicted molar refractivity (Wildman–Crippen MR) is 134 cm³/mol. The number of halogens is 2. The van der Waals surface area contributed by atoms with Crippen LogP contribution in [0.1, 0.15) is 41.5 Å². The van der Waals surface area contributed by atoms with E-state index in [9.17, 15) is 13.2 Å². The van der Waals surface area contributed by atoms with Crippen molar-refractivity contribution in [2.45, 2.75) is 30.7 Å². The van der Waals surface area contributed by atoms with E-state index in [2.05, 4.69) is 19.9 Å². The summed E-state index contributed by atoms with van der Waals surface area (Å²) < 4.78 is 54.7. The first-order valence-electron chi connectivity index (χ1n) is 10.6. The lowest BCUT2D eigenvalue weighted by Gasteiger charge is -2.25. The summed E-state index contributed by atoms with van der Waals surface area (Å²) in [6, 6.07) is 5.49. The van der Waals surface area contributed by atoms with Crippen LogP contribution in [-0.2, 0) is 10.0 Å². The van der Waals surface area contributed by atoms with Crippen LogP contribution in [0.15, 0.2) is 55.6 Å². The molecule has 0 aliphatic rings. The third-order valence-corrected chi connectivity index (χ3v) is 7.31. The molecule has 2 atom stereocenters. The van der Waals surface area contributed by atoms with Gasteiger partial charge in [0.1, 0.15) is 22.5 Å². The molecular formula is C23H25ClFN5O5S. The minimum Gasteiger partial charge on any atom is -0.495 e. The number of nitrogens with one attached hydrogen (secondary N) is 2. The number of hydrogen-bond donors (Lipinski definition) is 3. The molecule has 0 spiro atoms. The summed E-state index contributed by atoms with van der Waals surface area (Å²) in [4.78, 5) is 15.5. The second-order valence-corrected chi connectivity index (χ2v) is 9.90. The summed E-state index contributed by atoms with van der Waals surface area (Å²) in [6.45, 7) is 3.25. The summed E-state index contributed by atoms with van der Waals surface area (Å²) in [5.41, 5.74) is 7.53. The standard InChI is InChI=1S/C23H25ClFN5O5S/c1-12-16(14(10-26)11-27-3)6-7-17(25)20(12)13(2)21(22-28-29-23(31)35-22)30-36(32,33)19-8-5-15(24)9-18(19)34-4/h5-11,13,21,30H,26H2,1-4H3,(H,29,31)/t13-,21+/m1/s1. The number of nitrogens with two attached hydrogens (primary N) is 1. The highest BCUT2D eigenvalue weighted by molar-refractivity contribution is 7.89. The molecule has 36 heavy (non-hydrogen) atoms. The molecular weight excluding hydrogens is 513 g/mol. The Labute approximate surface area is 212 Å².